The van der Waals surface area contributed by atoms with E-state index in [1.807, 2.05) is 13.8 Å². The fourth-order valence-electron chi connectivity index (χ4n) is 2.45. The molecule has 0 bridgehead atoms. The number of hydrogen-bond acceptors (Lipinski definition) is 5. The van der Waals surface area contributed by atoms with Crippen molar-refractivity contribution >= 4 is 14.0 Å². The highest BCUT2D eigenvalue weighted by Gasteiger charge is 2.33. The van der Waals surface area contributed by atoms with Gasteiger partial charge in [0.15, 0.2) is 0 Å². The number of nitro groups is 1. The Kier molecular flexibility index (Phi) is 4.67. The van der Waals surface area contributed by atoms with Crippen molar-refractivity contribution in [1.29, 1.82) is 0 Å². The standard InChI is InChI=1S/C15H22N2O4Si/c1-10-11(2)20-15(8-14(10)21-22(3,4)5)12-6-7-16-9-13(12)17(18)19/h6-7,9,11,15H,8H2,1-5H3/t11-,15-/m1/s1. The Morgan fingerprint density at radius 3 is 2.73 bits per heavy atom. The molecule has 0 radical (unpaired) electrons. The van der Waals surface area contributed by atoms with Gasteiger partial charge in [-0.05, 0) is 45.1 Å². The molecule has 0 unspecified atom stereocenters. The largest absolute Gasteiger partial charge is 0.547 e. The van der Waals surface area contributed by atoms with Crippen molar-refractivity contribution in [3.05, 3.63) is 45.5 Å². The summed E-state index contributed by atoms with van der Waals surface area (Å²) in [6.45, 7) is 10.3. The molecule has 0 saturated carbocycles. The van der Waals surface area contributed by atoms with Crippen molar-refractivity contribution in [2.75, 3.05) is 0 Å². The van der Waals surface area contributed by atoms with Crippen LogP contribution in [0.3, 0.4) is 0 Å². The predicted molar refractivity (Wildman–Crippen MR) is 85.9 cm³/mol. The molecule has 1 aromatic heterocycles. The summed E-state index contributed by atoms with van der Waals surface area (Å²) in [7, 11) is -1.74. The molecule has 1 aliphatic rings. The van der Waals surface area contributed by atoms with E-state index in [-0.39, 0.29) is 17.9 Å². The summed E-state index contributed by atoms with van der Waals surface area (Å²) in [6, 6.07) is 1.66. The van der Waals surface area contributed by atoms with Crippen LogP contribution in [0.5, 0.6) is 0 Å². The summed E-state index contributed by atoms with van der Waals surface area (Å²) >= 11 is 0. The molecule has 0 fully saturated rings. The van der Waals surface area contributed by atoms with E-state index < -0.39 is 13.2 Å². The van der Waals surface area contributed by atoms with Crippen molar-refractivity contribution in [3.63, 3.8) is 0 Å². The molecule has 0 aromatic carbocycles. The molecule has 0 saturated heterocycles. The lowest BCUT2D eigenvalue weighted by Crippen LogP contribution is -2.30. The van der Waals surface area contributed by atoms with Crippen LogP contribution in [0.4, 0.5) is 5.69 Å². The van der Waals surface area contributed by atoms with Gasteiger partial charge in [-0.25, -0.2) is 0 Å². The highest BCUT2D eigenvalue weighted by molar-refractivity contribution is 6.70. The van der Waals surface area contributed by atoms with Crippen molar-refractivity contribution in [2.24, 2.45) is 0 Å². The molecule has 22 heavy (non-hydrogen) atoms. The molecule has 0 spiro atoms. The van der Waals surface area contributed by atoms with E-state index in [0.717, 1.165) is 11.3 Å². The van der Waals surface area contributed by atoms with Gasteiger partial charge in [-0.1, -0.05) is 0 Å². The SMILES string of the molecule is CC1=C(O[Si](C)(C)C)C[C@H](c2ccncc2[N+](=O)[O-])O[C@@H]1C. The first kappa shape index (κ1) is 16.6. The van der Waals surface area contributed by atoms with E-state index in [4.69, 9.17) is 9.16 Å². The lowest BCUT2D eigenvalue weighted by atomic mass is 9.98. The van der Waals surface area contributed by atoms with Crippen LogP contribution in [-0.4, -0.2) is 24.3 Å². The Hall–Kier alpha value is -1.73. The van der Waals surface area contributed by atoms with Crippen LogP contribution >= 0.6 is 0 Å². The Bertz CT molecular complexity index is 610. The summed E-state index contributed by atoms with van der Waals surface area (Å²) in [5, 5.41) is 11.2. The van der Waals surface area contributed by atoms with E-state index in [1.54, 1.807) is 12.3 Å². The Labute approximate surface area is 131 Å². The third kappa shape index (κ3) is 3.72. The fourth-order valence-corrected chi connectivity index (χ4v) is 3.43. The van der Waals surface area contributed by atoms with Crippen molar-refractivity contribution < 1.29 is 14.1 Å². The Balaban J connectivity index is 2.34. The number of rotatable bonds is 4. The molecule has 2 atom stereocenters. The van der Waals surface area contributed by atoms with Crippen LogP contribution in [0.1, 0.15) is 31.9 Å². The predicted octanol–water partition coefficient (Wildman–Crippen LogP) is 3.97. The van der Waals surface area contributed by atoms with Gasteiger partial charge in [-0.3, -0.25) is 15.1 Å². The van der Waals surface area contributed by atoms with E-state index in [9.17, 15) is 10.1 Å². The van der Waals surface area contributed by atoms with E-state index in [0.29, 0.717) is 12.0 Å². The van der Waals surface area contributed by atoms with Gasteiger partial charge in [0.05, 0.1) is 28.5 Å². The zero-order chi connectivity index (χ0) is 16.5. The minimum Gasteiger partial charge on any atom is -0.547 e. The maximum Gasteiger partial charge on any atom is 0.293 e. The fraction of sp³-hybridized carbons (Fsp3) is 0.533. The number of hydrogen-bond donors (Lipinski definition) is 0. The van der Waals surface area contributed by atoms with Gasteiger partial charge in [-0.2, -0.15) is 0 Å². The molecule has 0 N–H and O–H groups in total. The monoisotopic (exact) mass is 322 g/mol. The number of ether oxygens (including phenoxy) is 1. The second-order valence-corrected chi connectivity index (χ2v) is 10.9. The molecule has 120 valence electrons. The van der Waals surface area contributed by atoms with Gasteiger partial charge in [0.25, 0.3) is 5.69 Å². The lowest BCUT2D eigenvalue weighted by molar-refractivity contribution is -0.386. The van der Waals surface area contributed by atoms with Gasteiger partial charge in [-0.15, -0.1) is 0 Å². The van der Waals surface area contributed by atoms with Gasteiger partial charge in [0, 0.05) is 12.6 Å². The first-order chi connectivity index (χ1) is 10.2. The maximum absolute atomic E-state index is 11.2. The molecule has 2 heterocycles. The molecule has 1 aliphatic heterocycles. The number of nitrogens with zero attached hydrogens (tertiary/aromatic N) is 2. The molecule has 6 nitrogen and oxygen atoms in total. The first-order valence-corrected chi connectivity index (χ1v) is 10.7. The molecular weight excluding hydrogens is 300 g/mol. The highest BCUT2D eigenvalue weighted by atomic mass is 28.4. The second-order valence-electron chi connectivity index (χ2n) is 6.48. The smallest absolute Gasteiger partial charge is 0.293 e. The molecular formula is C15H22N2O4Si. The minimum atomic E-state index is -1.74. The van der Waals surface area contributed by atoms with Crippen molar-refractivity contribution in [2.45, 2.75) is 52.1 Å². The summed E-state index contributed by atoms with van der Waals surface area (Å²) in [5.74, 6) is 0.911. The average Bonchev–Trinajstić information content (AvgIpc) is 2.42. The first-order valence-electron chi connectivity index (χ1n) is 7.31. The van der Waals surface area contributed by atoms with Crippen LogP contribution in [0, 0.1) is 10.1 Å². The summed E-state index contributed by atoms with van der Waals surface area (Å²) in [5.41, 5.74) is 1.61. The quantitative estimate of drug-likeness (QED) is 0.476. The summed E-state index contributed by atoms with van der Waals surface area (Å²) in [6.07, 6.45) is 2.84. The van der Waals surface area contributed by atoms with Crippen LogP contribution in [0.25, 0.3) is 0 Å². The van der Waals surface area contributed by atoms with Gasteiger partial charge in [0.2, 0.25) is 8.32 Å². The lowest BCUT2D eigenvalue weighted by Gasteiger charge is -2.34. The van der Waals surface area contributed by atoms with Gasteiger partial charge >= 0.3 is 0 Å². The summed E-state index contributed by atoms with van der Waals surface area (Å²) in [4.78, 5) is 14.6. The van der Waals surface area contributed by atoms with E-state index in [2.05, 4.69) is 24.6 Å². The molecule has 1 aromatic rings. The zero-order valence-electron chi connectivity index (χ0n) is 13.6. The molecule has 0 amide bonds. The highest BCUT2D eigenvalue weighted by Crippen LogP contribution is 2.39. The van der Waals surface area contributed by atoms with Gasteiger partial charge in [0.1, 0.15) is 6.20 Å². The third-order valence-corrected chi connectivity index (χ3v) is 4.45. The van der Waals surface area contributed by atoms with Crippen LogP contribution in [0.2, 0.25) is 19.6 Å². The van der Waals surface area contributed by atoms with Crippen molar-refractivity contribution in [3.8, 4) is 0 Å². The van der Waals surface area contributed by atoms with Crippen molar-refractivity contribution in [1.82, 2.24) is 4.98 Å². The number of pyridine rings is 1. The summed E-state index contributed by atoms with van der Waals surface area (Å²) < 4.78 is 12.1. The normalized spacial score (nSPS) is 22.6. The topological polar surface area (TPSA) is 74.5 Å². The van der Waals surface area contributed by atoms with Crippen LogP contribution in [0.15, 0.2) is 29.8 Å². The van der Waals surface area contributed by atoms with Crippen LogP contribution in [-0.2, 0) is 9.16 Å². The Morgan fingerprint density at radius 1 is 1.45 bits per heavy atom. The zero-order valence-corrected chi connectivity index (χ0v) is 14.6. The van der Waals surface area contributed by atoms with Crippen LogP contribution < -0.4 is 0 Å². The minimum absolute atomic E-state index is 0.00777. The maximum atomic E-state index is 11.2. The Morgan fingerprint density at radius 2 is 2.14 bits per heavy atom. The average molecular weight is 322 g/mol. The number of aromatic nitrogens is 1. The van der Waals surface area contributed by atoms with E-state index in [1.165, 1.54) is 6.20 Å². The van der Waals surface area contributed by atoms with Gasteiger partial charge < -0.3 is 9.16 Å². The molecule has 2 rings (SSSR count). The molecule has 0 aliphatic carbocycles. The van der Waals surface area contributed by atoms with E-state index >= 15 is 0 Å². The third-order valence-electron chi connectivity index (χ3n) is 3.59. The molecule has 7 heteroatoms. The second kappa shape index (κ2) is 6.17.